The van der Waals surface area contributed by atoms with Gasteiger partial charge in [-0.3, -0.25) is 4.90 Å². The molecule has 2 N–H and O–H groups in total. The highest BCUT2D eigenvalue weighted by Gasteiger charge is 2.19. The van der Waals surface area contributed by atoms with Crippen LogP contribution >= 0.6 is 0 Å². The fourth-order valence-corrected chi connectivity index (χ4v) is 2.33. The maximum absolute atomic E-state index is 5.91. The van der Waals surface area contributed by atoms with E-state index >= 15 is 0 Å². The summed E-state index contributed by atoms with van der Waals surface area (Å²) in [5.41, 5.74) is 10.2. The molecule has 15 heavy (non-hydrogen) atoms. The minimum absolute atomic E-state index is 0.384. The topological polar surface area (TPSA) is 29.3 Å². The monoisotopic (exact) mass is 204 g/mol. The van der Waals surface area contributed by atoms with E-state index < -0.39 is 0 Å². The Kier molecular flexibility index (Phi) is 3.08. The number of hydrogen-bond acceptors (Lipinski definition) is 2. The van der Waals surface area contributed by atoms with Crippen LogP contribution in [-0.4, -0.2) is 24.0 Å². The summed E-state index contributed by atoms with van der Waals surface area (Å²) in [4.78, 5) is 2.46. The van der Waals surface area contributed by atoms with Crippen molar-refractivity contribution in [2.24, 2.45) is 5.73 Å². The Morgan fingerprint density at radius 3 is 2.53 bits per heavy atom. The molecule has 0 bridgehead atoms. The number of nitrogens with zero attached hydrogens (tertiary/aromatic N) is 1. The predicted octanol–water partition coefficient (Wildman–Crippen LogP) is 1.84. The van der Waals surface area contributed by atoms with E-state index in [0.29, 0.717) is 6.04 Å². The number of rotatable bonds is 2. The van der Waals surface area contributed by atoms with Crippen molar-refractivity contribution in [1.29, 1.82) is 0 Å². The van der Waals surface area contributed by atoms with E-state index in [1.54, 1.807) is 0 Å². The van der Waals surface area contributed by atoms with Crippen LogP contribution in [0.25, 0.3) is 0 Å². The Morgan fingerprint density at radius 1 is 1.33 bits per heavy atom. The fourth-order valence-electron chi connectivity index (χ4n) is 2.33. The van der Waals surface area contributed by atoms with Crippen LogP contribution in [0.4, 0.5) is 0 Å². The van der Waals surface area contributed by atoms with E-state index in [1.165, 1.54) is 16.7 Å². The van der Waals surface area contributed by atoms with Gasteiger partial charge in [0.15, 0.2) is 0 Å². The number of nitrogens with two attached hydrogens (primary N) is 1. The van der Waals surface area contributed by atoms with Crippen LogP contribution in [0.15, 0.2) is 18.2 Å². The van der Waals surface area contributed by atoms with Crippen molar-refractivity contribution in [1.82, 2.24) is 4.90 Å². The van der Waals surface area contributed by atoms with Crippen molar-refractivity contribution >= 4 is 0 Å². The Hall–Kier alpha value is -0.860. The molecule has 82 valence electrons. The van der Waals surface area contributed by atoms with Crippen LogP contribution in [0.3, 0.4) is 0 Å². The maximum atomic E-state index is 5.91. The largest absolute Gasteiger partial charge is 0.326 e. The van der Waals surface area contributed by atoms with Crippen molar-refractivity contribution in [2.45, 2.75) is 32.9 Å². The quantitative estimate of drug-likeness (QED) is 0.796. The van der Waals surface area contributed by atoms with Crippen LogP contribution in [-0.2, 0) is 6.54 Å². The summed E-state index contributed by atoms with van der Waals surface area (Å²) in [7, 11) is 0. The molecule has 2 heteroatoms. The summed E-state index contributed by atoms with van der Waals surface area (Å²) in [6, 6.07) is 6.90. The van der Waals surface area contributed by atoms with Crippen molar-refractivity contribution in [3.63, 3.8) is 0 Å². The van der Waals surface area contributed by atoms with Crippen LogP contribution in [0.1, 0.15) is 23.1 Å². The van der Waals surface area contributed by atoms with E-state index in [2.05, 4.69) is 36.9 Å². The van der Waals surface area contributed by atoms with Crippen molar-refractivity contribution < 1.29 is 0 Å². The Morgan fingerprint density at radius 2 is 2.00 bits per heavy atom. The predicted molar refractivity (Wildman–Crippen MR) is 63.8 cm³/mol. The first-order valence-electron chi connectivity index (χ1n) is 5.70. The molecule has 1 fully saturated rings. The smallest absolute Gasteiger partial charge is 0.0239 e. The molecule has 0 spiro atoms. The van der Waals surface area contributed by atoms with Gasteiger partial charge in [-0.15, -0.1) is 0 Å². The van der Waals surface area contributed by atoms with E-state index in [1.807, 2.05) is 0 Å². The maximum Gasteiger partial charge on any atom is 0.0239 e. The average molecular weight is 204 g/mol. The minimum Gasteiger partial charge on any atom is -0.326 e. The van der Waals surface area contributed by atoms with Crippen LogP contribution in [0.5, 0.6) is 0 Å². The third-order valence-corrected chi connectivity index (χ3v) is 3.34. The Balaban J connectivity index is 2.10. The van der Waals surface area contributed by atoms with Crippen molar-refractivity contribution in [3.8, 4) is 0 Å². The average Bonchev–Trinajstić information content (AvgIpc) is 2.58. The molecule has 1 aromatic carbocycles. The summed E-state index contributed by atoms with van der Waals surface area (Å²) < 4.78 is 0. The SMILES string of the molecule is Cc1cccc(C)c1CN1CCC(N)C1. The molecule has 1 aliphatic rings. The van der Waals surface area contributed by atoms with E-state index in [4.69, 9.17) is 5.73 Å². The van der Waals surface area contributed by atoms with Gasteiger partial charge < -0.3 is 5.73 Å². The van der Waals surface area contributed by atoms with E-state index in [0.717, 1.165) is 26.1 Å². The van der Waals surface area contributed by atoms with Gasteiger partial charge in [-0.05, 0) is 37.0 Å². The third-order valence-electron chi connectivity index (χ3n) is 3.34. The van der Waals surface area contributed by atoms with Crippen molar-refractivity contribution in [2.75, 3.05) is 13.1 Å². The summed E-state index contributed by atoms with van der Waals surface area (Å²) in [6.45, 7) is 7.64. The van der Waals surface area contributed by atoms with Gasteiger partial charge in [0.1, 0.15) is 0 Å². The molecule has 1 aromatic rings. The number of hydrogen-bond donors (Lipinski definition) is 1. The Bertz CT molecular complexity index is 326. The molecule has 1 aliphatic heterocycles. The van der Waals surface area contributed by atoms with Crippen LogP contribution < -0.4 is 5.73 Å². The van der Waals surface area contributed by atoms with E-state index in [9.17, 15) is 0 Å². The third kappa shape index (κ3) is 2.39. The summed E-state index contributed by atoms with van der Waals surface area (Å²) >= 11 is 0. The number of aryl methyl sites for hydroxylation is 2. The zero-order valence-electron chi connectivity index (χ0n) is 9.66. The molecule has 1 saturated heterocycles. The summed E-state index contributed by atoms with van der Waals surface area (Å²) in [5.74, 6) is 0. The highest BCUT2D eigenvalue weighted by Crippen LogP contribution is 2.18. The second-order valence-corrected chi connectivity index (χ2v) is 4.65. The molecule has 2 nitrogen and oxygen atoms in total. The van der Waals surface area contributed by atoms with Gasteiger partial charge in [0.2, 0.25) is 0 Å². The van der Waals surface area contributed by atoms with E-state index in [-0.39, 0.29) is 0 Å². The standard InChI is InChI=1S/C13H20N2/c1-10-4-3-5-11(2)13(10)9-15-7-6-12(14)8-15/h3-5,12H,6-9,14H2,1-2H3. The zero-order chi connectivity index (χ0) is 10.8. The van der Waals surface area contributed by atoms with Crippen LogP contribution in [0.2, 0.25) is 0 Å². The highest BCUT2D eigenvalue weighted by molar-refractivity contribution is 5.33. The summed E-state index contributed by atoms with van der Waals surface area (Å²) in [5, 5.41) is 0. The molecule has 1 heterocycles. The first kappa shape index (κ1) is 10.7. The van der Waals surface area contributed by atoms with Crippen LogP contribution in [0, 0.1) is 13.8 Å². The molecule has 0 saturated carbocycles. The lowest BCUT2D eigenvalue weighted by Gasteiger charge is -2.18. The molecule has 0 radical (unpaired) electrons. The van der Waals surface area contributed by atoms with Gasteiger partial charge in [-0.1, -0.05) is 18.2 Å². The van der Waals surface area contributed by atoms with Gasteiger partial charge in [0.25, 0.3) is 0 Å². The lowest BCUT2D eigenvalue weighted by molar-refractivity contribution is 0.325. The van der Waals surface area contributed by atoms with Gasteiger partial charge in [-0.25, -0.2) is 0 Å². The van der Waals surface area contributed by atoms with Gasteiger partial charge in [-0.2, -0.15) is 0 Å². The van der Waals surface area contributed by atoms with Gasteiger partial charge >= 0.3 is 0 Å². The highest BCUT2D eigenvalue weighted by atomic mass is 15.2. The van der Waals surface area contributed by atoms with Crippen molar-refractivity contribution in [3.05, 3.63) is 34.9 Å². The lowest BCUT2D eigenvalue weighted by atomic mass is 10.0. The zero-order valence-corrected chi connectivity index (χ0v) is 9.66. The first-order valence-corrected chi connectivity index (χ1v) is 5.70. The first-order chi connectivity index (χ1) is 7.16. The molecule has 1 atom stereocenters. The lowest BCUT2D eigenvalue weighted by Crippen LogP contribution is -2.26. The fraction of sp³-hybridized carbons (Fsp3) is 0.538. The molecule has 1 unspecified atom stereocenters. The number of likely N-dealkylation sites (tertiary alicyclic amines) is 1. The molecule has 0 amide bonds. The molecular weight excluding hydrogens is 184 g/mol. The summed E-state index contributed by atoms with van der Waals surface area (Å²) in [6.07, 6.45) is 1.14. The second-order valence-electron chi connectivity index (χ2n) is 4.65. The molecule has 2 rings (SSSR count). The number of benzene rings is 1. The van der Waals surface area contributed by atoms with Gasteiger partial charge in [0.05, 0.1) is 0 Å². The molecule has 0 aliphatic carbocycles. The van der Waals surface area contributed by atoms with Gasteiger partial charge in [0, 0.05) is 25.7 Å². The molecular formula is C13H20N2. The second kappa shape index (κ2) is 4.33. The minimum atomic E-state index is 0.384. The normalized spacial score (nSPS) is 22.2. The molecule has 0 aromatic heterocycles. The Labute approximate surface area is 92.1 Å².